The van der Waals surface area contributed by atoms with Gasteiger partial charge >= 0.3 is 5.97 Å². The summed E-state index contributed by atoms with van der Waals surface area (Å²) >= 11 is 1.59. The lowest BCUT2D eigenvalue weighted by molar-refractivity contribution is -0.131. The van der Waals surface area contributed by atoms with Gasteiger partial charge in [0.25, 0.3) is 0 Å². The molecule has 1 rings (SSSR count). The Hall–Kier alpha value is -1.13. The van der Waals surface area contributed by atoms with Crippen LogP contribution in [0.15, 0.2) is 17.5 Å². The maximum absolute atomic E-state index is 10.4. The van der Waals surface area contributed by atoms with Gasteiger partial charge in [-0.25, -0.2) is 4.79 Å². The molecule has 0 fully saturated rings. The molecule has 0 aliphatic carbocycles. The van der Waals surface area contributed by atoms with Gasteiger partial charge in [-0.2, -0.15) is 0 Å². The molecule has 94 valence electrons. The van der Waals surface area contributed by atoms with Gasteiger partial charge in [0.15, 0.2) is 0 Å². The Labute approximate surface area is 106 Å². The lowest BCUT2D eigenvalue weighted by Crippen LogP contribution is -2.06. The molecule has 1 atom stereocenters. The van der Waals surface area contributed by atoms with E-state index < -0.39 is 5.97 Å². The van der Waals surface area contributed by atoms with Crippen LogP contribution in [0.25, 0.3) is 6.08 Å². The van der Waals surface area contributed by atoms with Gasteiger partial charge in [0.2, 0.25) is 0 Å². The molecule has 0 saturated carbocycles. The van der Waals surface area contributed by atoms with Gasteiger partial charge < -0.3 is 9.84 Å². The van der Waals surface area contributed by atoms with Crippen molar-refractivity contribution in [1.82, 2.24) is 0 Å². The second-order valence-electron chi connectivity index (χ2n) is 3.93. The highest BCUT2D eigenvalue weighted by Crippen LogP contribution is 2.18. The Kier molecular flexibility index (Phi) is 5.94. The van der Waals surface area contributed by atoms with Crippen LogP contribution in [0.4, 0.5) is 0 Å². The SMILES string of the molecule is CCCC(C)OCc1cc(/C=C/C(=O)O)cs1. The van der Waals surface area contributed by atoms with Crippen molar-refractivity contribution in [2.75, 3.05) is 0 Å². The van der Waals surface area contributed by atoms with Gasteiger partial charge in [-0.3, -0.25) is 0 Å². The number of aliphatic carboxylic acids is 1. The van der Waals surface area contributed by atoms with Crippen LogP contribution in [0.5, 0.6) is 0 Å². The number of ether oxygens (including phenoxy) is 1. The zero-order valence-corrected chi connectivity index (χ0v) is 11.0. The van der Waals surface area contributed by atoms with E-state index in [-0.39, 0.29) is 6.10 Å². The molecule has 1 heterocycles. The first-order valence-electron chi connectivity index (χ1n) is 5.71. The van der Waals surface area contributed by atoms with Crippen LogP contribution >= 0.6 is 11.3 Å². The topological polar surface area (TPSA) is 46.5 Å². The quantitative estimate of drug-likeness (QED) is 0.757. The summed E-state index contributed by atoms with van der Waals surface area (Å²) < 4.78 is 5.68. The first-order valence-corrected chi connectivity index (χ1v) is 6.59. The number of carbonyl (C=O) groups is 1. The fraction of sp³-hybridized carbons (Fsp3) is 0.462. The van der Waals surface area contributed by atoms with E-state index in [4.69, 9.17) is 9.84 Å². The number of carboxylic acid groups (broad SMARTS) is 1. The molecule has 0 radical (unpaired) electrons. The highest BCUT2D eigenvalue weighted by molar-refractivity contribution is 7.10. The average molecular weight is 254 g/mol. The van der Waals surface area contributed by atoms with Gasteiger partial charge in [-0.1, -0.05) is 13.3 Å². The van der Waals surface area contributed by atoms with E-state index in [2.05, 4.69) is 13.8 Å². The molecule has 1 aromatic heterocycles. The van der Waals surface area contributed by atoms with Gasteiger partial charge in [0.1, 0.15) is 0 Å². The van der Waals surface area contributed by atoms with Crippen molar-refractivity contribution in [3.63, 3.8) is 0 Å². The highest BCUT2D eigenvalue weighted by atomic mass is 32.1. The molecule has 3 nitrogen and oxygen atoms in total. The minimum Gasteiger partial charge on any atom is -0.478 e. The largest absolute Gasteiger partial charge is 0.478 e. The van der Waals surface area contributed by atoms with Gasteiger partial charge in [-0.15, -0.1) is 11.3 Å². The van der Waals surface area contributed by atoms with Crippen molar-refractivity contribution >= 4 is 23.4 Å². The van der Waals surface area contributed by atoms with E-state index in [1.165, 1.54) is 0 Å². The zero-order valence-electron chi connectivity index (χ0n) is 10.2. The van der Waals surface area contributed by atoms with E-state index in [1.54, 1.807) is 17.4 Å². The molecule has 0 aromatic carbocycles. The predicted molar refractivity (Wildman–Crippen MR) is 70.1 cm³/mol. The first-order chi connectivity index (χ1) is 8.11. The summed E-state index contributed by atoms with van der Waals surface area (Å²) in [6.07, 6.45) is 5.21. The van der Waals surface area contributed by atoms with Gasteiger partial charge in [-0.05, 0) is 36.4 Å². The standard InChI is InChI=1S/C13H18O3S/c1-3-4-10(2)16-8-12-7-11(9-17-12)5-6-13(14)15/h5-7,9-10H,3-4,8H2,1-2H3,(H,14,15)/b6-5+. The first kappa shape index (κ1) is 13.9. The molecule has 0 bridgehead atoms. The Morgan fingerprint density at radius 2 is 2.41 bits per heavy atom. The van der Waals surface area contributed by atoms with Crippen LogP contribution in [0.3, 0.4) is 0 Å². The molecule has 1 N–H and O–H groups in total. The number of thiophene rings is 1. The maximum atomic E-state index is 10.4. The molecule has 0 saturated heterocycles. The summed E-state index contributed by atoms with van der Waals surface area (Å²) in [6, 6.07) is 1.96. The van der Waals surface area contributed by atoms with Crippen molar-refractivity contribution in [1.29, 1.82) is 0 Å². The van der Waals surface area contributed by atoms with E-state index in [0.29, 0.717) is 6.61 Å². The van der Waals surface area contributed by atoms with Crippen LogP contribution in [0.1, 0.15) is 37.1 Å². The minimum atomic E-state index is -0.925. The normalized spacial score (nSPS) is 13.1. The Bertz CT molecular complexity index is 382. The lowest BCUT2D eigenvalue weighted by Gasteiger charge is -2.10. The van der Waals surface area contributed by atoms with Crippen molar-refractivity contribution in [3.05, 3.63) is 28.0 Å². The van der Waals surface area contributed by atoms with E-state index in [9.17, 15) is 4.79 Å². The van der Waals surface area contributed by atoms with Gasteiger partial charge in [0.05, 0.1) is 12.7 Å². The van der Waals surface area contributed by atoms with Crippen LogP contribution in [-0.2, 0) is 16.1 Å². The number of hydrogen-bond donors (Lipinski definition) is 1. The maximum Gasteiger partial charge on any atom is 0.328 e. The Balaban J connectivity index is 2.43. The second-order valence-corrected chi connectivity index (χ2v) is 4.92. The molecule has 1 aromatic rings. The smallest absolute Gasteiger partial charge is 0.328 e. The third-order valence-electron chi connectivity index (χ3n) is 2.30. The van der Waals surface area contributed by atoms with Crippen LogP contribution in [-0.4, -0.2) is 17.2 Å². The molecule has 0 spiro atoms. The average Bonchev–Trinajstić information content (AvgIpc) is 2.72. The van der Waals surface area contributed by atoms with Crippen LogP contribution in [0.2, 0.25) is 0 Å². The monoisotopic (exact) mass is 254 g/mol. The summed E-state index contributed by atoms with van der Waals surface area (Å²) in [5.74, 6) is -0.925. The Morgan fingerprint density at radius 3 is 3.06 bits per heavy atom. The zero-order chi connectivity index (χ0) is 12.7. The number of rotatable bonds is 7. The molecule has 1 unspecified atom stereocenters. The number of carboxylic acids is 1. The summed E-state index contributed by atoms with van der Waals surface area (Å²) in [4.78, 5) is 11.5. The second kappa shape index (κ2) is 7.25. The van der Waals surface area contributed by atoms with Crippen LogP contribution < -0.4 is 0 Å². The van der Waals surface area contributed by atoms with Crippen LogP contribution in [0, 0.1) is 0 Å². The summed E-state index contributed by atoms with van der Waals surface area (Å²) in [6.45, 7) is 4.81. The van der Waals surface area contributed by atoms with E-state index >= 15 is 0 Å². The fourth-order valence-electron chi connectivity index (χ4n) is 1.44. The van der Waals surface area contributed by atoms with Crippen molar-refractivity contribution < 1.29 is 14.6 Å². The molecule has 4 heteroatoms. The number of hydrogen-bond acceptors (Lipinski definition) is 3. The summed E-state index contributed by atoms with van der Waals surface area (Å²) in [5.41, 5.74) is 0.916. The lowest BCUT2D eigenvalue weighted by atomic mass is 10.2. The predicted octanol–water partition coefficient (Wildman–Crippen LogP) is 3.55. The van der Waals surface area contributed by atoms with Crippen molar-refractivity contribution in [2.45, 2.75) is 39.4 Å². The van der Waals surface area contributed by atoms with E-state index in [0.717, 1.165) is 29.4 Å². The van der Waals surface area contributed by atoms with Crippen molar-refractivity contribution in [2.24, 2.45) is 0 Å². The third kappa shape index (κ3) is 5.65. The third-order valence-corrected chi connectivity index (χ3v) is 3.23. The molecule has 0 amide bonds. The minimum absolute atomic E-state index is 0.278. The summed E-state index contributed by atoms with van der Waals surface area (Å²) in [7, 11) is 0. The fourth-order valence-corrected chi connectivity index (χ4v) is 2.22. The molecule has 17 heavy (non-hydrogen) atoms. The molecule has 0 aliphatic heterocycles. The highest BCUT2D eigenvalue weighted by Gasteiger charge is 2.03. The molecule has 0 aliphatic rings. The summed E-state index contributed by atoms with van der Waals surface area (Å²) in [5, 5.41) is 10.4. The molecular weight excluding hydrogens is 236 g/mol. The Morgan fingerprint density at radius 1 is 1.65 bits per heavy atom. The van der Waals surface area contributed by atoms with Crippen molar-refractivity contribution in [3.8, 4) is 0 Å². The van der Waals surface area contributed by atoms with Gasteiger partial charge in [0, 0.05) is 11.0 Å². The molecular formula is C13H18O3S. The van der Waals surface area contributed by atoms with E-state index in [1.807, 2.05) is 11.4 Å².